The lowest BCUT2D eigenvalue weighted by Gasteiger charge is -2.14. The van der Waals surface area contributed by atoms with E-state index in [1.165, 1.54) is 30.6 Å². The molecule has 8 heteroatoms. The van der Waals surface area contributed by atoms with Gasteiger partial charge in [0, 0.05) is 11.3 Å². The van der Waals surface area contributed by atoms with Crippen LogP contribution in [0.1, 0.15) is 21.5 Å². The van der Waals surface area contributed by atoms with Crippen LogP contribution in [-0.2, 0) is 0 Å². The first kappa shape index (κ1) is 18.1. The molecule has 138 valence electrons. The van der Waals surface area contributed by atoms with Crippen molar-refractivity contribution in [3.63, 3.8) is 0 Å². The highest BCUT2D eigenvalue weighted by Gasteiger charge is 2.11. The lowest BCUT2D eigenvalue weighted by atomic mass is 10.1. The highest BCUT2D eigenvalue weighted by atomic mass is 19.1. The van der Waals surface area contributed by atoms with Crippen LogP contribution in [-0.4, -0.2) is 15.9 Å². The van der Waals surface area contributed by atoms with Crippen LogP contribution in [0.5, 0.6) is 0 Å². The number of nitrogens with two attached hydrogens (primary N) is 1. The second kappa shape index (κ2) is 7.69. The third-order valence-electron chi connectivity index (χ3n) is 3.93. The molecule has 0 unspecified atom stereocenters. The summed E-state index contributed by atoms with van der Waals surface area (Å²) in [5.74, 6) is -0.204. The Morgan fingerprint density at radius 3 is 2.48 bits per heavy atom. The van der Waals surface area contributed by atoms with Crippen molar-refractivity contribution in [3.05, 3.63) is 71.3 Å². The molecule has 0 radical (unpaired) electrons. The Labute approximate surface area is 155 Å². The first-order chi connectivity index (χ1) is 12.9. The fraction of sp³-hybridized carbons (Fsp3) is 0.105. The van der Waals surface area contributed by atoms with E-state index in [2.05, 4.69) is 26.1 Å². The van der Waals surface area contributed by atoms with Gasteiger partial charge in [0.15, 0.2) is 11.6 Å². The Bertz CT molecular complexity index is 974. The number of benzene rings is 2. The van der Waals surface area contributed by atoms with Gasteiger partial charge in [0.2, 0.25) is 0 Å². The Morgan fingerprint density at radius 2 is 1.74 bits per heavy atom. The number of nitrogen functional groups attached to an aromatic ring is 1. The van der Waals surface area contributed by atoms with Crippen molar-refractivity contribution < 1.29 is 9.18 Å². The molecule has 0 saturated carbocycles. The number of carbonyl (C=O) groups excluding carboxylic acids is 1. The Kier molecular flexibility index (Phi) is 5.16. The molecular weight excluding hydrogens is 347 g/mol. The van der Waals surface area contributed by atoms with Crippen LogP contribution in [0.2, 0.25) is 0 Å². The molecule has 3 rings (SSSR count). The average Bonchev–Trinajstić information content (AvgIpc) is 2.65. The highest BCUT2D eigenvalue weighted by molar-refractivity contribution is 5.95. The molecule has 0 fully saturated rings. The minimum Gasteiger partial charge on any atom is -0.393 e. The number of carbonyl (C=O) groups is 1. The summed E-state index contributed by atoms with van der Waals surface area (Å²) in [5, 5.41) is 3.18. The highest BCUT2D eigenvalue weighted by Crippen LogP contribution is 2.27. The molecule has 1 amide bonds. The maximum absolute atomic E-state index is 12.9. The minimum absolute atomic E-state index is 0.244. The van der Waals surface area contributed by atoms with Crippen LogP contribution in [0.3, 0.4) is 0 Å². The van der Waals surface area contributed by atoms with Crippen molar-refractivity contribution in [1.82, 2.24) is 15.4 Å². The summed E-state index contributed by atoms with van der Waals surface area (Å²) in [6.45, 7) is 3.97. The molecule has 0 saturated heterocycles. The number of nitrogens with one attached hydrogen (secondary N) is 3. The maximum Gasteiger partial charge on any atom is 0.269 e. The quantitative estimate of drug-likeness (QED) is 0.516. The monoisotopic (exact) mass is 366 g/mol. The molecule has 0 bridgehead atoms. The van der Waals surface area contributed by atoms with E-state index in [9.17, 15) is 9.18 Å². The van der Waals surface area contributed by atoms with Crippen LogP contribution in [0, 0.1) is 19.7 Å². The molecule has 1 heterocycles. The van der Waals surface area contributed by atoms with E-state index in [1.807, 2.05) is 32.0 Å². The molecule has 0 aliphatic rings. The van der Waals surface area contributed by atoms with Gasteiger partial charge in [0.1, 0.15) is 17.8 Å². The van der Waals surface area contributed by atoms with Gasteiger partial charge < -0.3 is 11.1 Å². The Balaban J connectivity index is 1.74. The first-order valence-corrected chi connectivity index (χ1v) is 8.20. The predicted octanol–water partition coefficient (Wildman–Crippen LogP) is 3.32. The SMILES string of the molecule is Cc1ccc(C)c(Nc2ncnc(NNC(=O)c3ccc(F)cc3)c2N)c1. The van der Waals surface area contributed by atoms with Crippen molar-refractivity contribution in [3.8, 4) is 0 Å². The number of nitrogens with zero attached hydrogens (tertiary/aromatic N) is 2. The molecule has 0 spiro atoms. The second-order valence-electron chi connectivity index (χ2n) is 6.01. The first-order valence-electron chi connectivity index (χ1n) is 8.20. The number of rotatable bonds is 5. The zero-order valence-corrected chi connectivity index (χ0v) is 14.9. The molecule has 27 heavy (non-hydrogen) atoms. The third kappa shape index (κ3) is 4.30. The zero-order chi connectivity index (χ0) is 19.4. The van der Waals surface area contributed by atoms with Crippen LogP contribution in [0.4, 0.5) is 27.4 Å². The summed E-state index contributed by atoms with van der Waals surface area (Å²) < 4.78 is 12.9. The van der Waals surface area contributed by atoms with Gasteiger partial charge in [0.25, 0.3) is 5.91 Å². The summed E-state index contributed by atoms with van der Waals surface area (Å²) in [7, 11) is 0. The van der Waals surface area contributed by atoms with E-state index in [4.69, 9.17) is 5.73 Å². The van der Waals surface area contributed by atoms with Gasteiger partial charge >= 0.3 is 0 Å². The van der Waals surface area contributed by atoms with Crippen LogP contribution in [0.25, 0.3) is 0 Å². The number of aromatic nitrogens is 2. The Morgan fingerprint density at radius 1 is 1.04 bits per heavy atom. The smallest absolute Gasteiger partial charge is 0.269 e. The molecule has 0 aliphatic heterocycles. The van der Waals surface area contributed by atoms with Gasteiger partial charge in [-0.25, -0.2) is 14.4 Å². The topological polar surface area (TPSA) is 105 Å². The van der Waals surface area contributed by atoms with Gasteiger partial charge in [-0.3, -0.25) is 15.6 Å². The van der Waals surface area contributed by atoms with Gasteiger partial charge in [-0.15, -0.1) is 0 Å². The van der Waals surface area contributed by atoms with Gasteiger partial charge in [-0.1, -0.05) is 12.1 Å². The average molecular weight is 366 g/mol. The number of hydrogen-bond acceptors (Lipinski definition) is 6. The summed E-state index contributed by atoms with van der Waals surface area (Å²) in [6, 6.07) is 11.2. The number of halogens is 1. The summed E-state index contributed by atoms with van der Waals surface area (Å²) in [5.41, 5.74) is 14.8. The second-order valence-corrected chi connectivity index (χ2v) is 6.01. The van der Waals surface area contributed by atoms with E-state index in [-0.39, 0.29) is 11.5 Å². The van der Waals surface area contributed by atoms with Gasteiger partial charge in [-0.05, 0) is 55.3 Å². The van der Waals surface area contributed by atoms with E-state index in [0.29, 0.717) is 11.4 Å². The van der Waals surface area contributed by atoms with Crippen molar-refractivity contribution >= 4 is 28.9 Å². The van der Waals surface area contributed by atoms with Crippen molar-refractivity contribution in [2.24, 2.45) is 0 Å². The number of hydrazine groups is 1. The molecule has 2 aromatic carbocycles. The maximum atomic E-state index is 12.9. The number of anilines is 4. The normalized spacial score (nSPS) is 10.3. The van der Waals surface area contributed by atoms with Crippen LogP contribution in [0.15, 0.2) is 48.8 Å². The molecule has 1 aromatic heterocycles. The zero-order valence-electron chi connectivity index (χ0n) is 14.9. The summed E-state index contributed by atoms with van der Waals surface area (Å²) in [6.07, 6.45) is 1.33. The van der Waals surface area contributed by atoms with Crippen LogP contribution >= 0.6 is 0 Å². The third-order valence-corrected chi connectivity index (χ3v) is 3.93. The lowest BCUT2D eigenvalue weighted by Crippen LogP contribution is -2.30. The van der Waals surface area contributed by atoms with Crippen molar-refractivity contribution in [1.29, 1.82) is 0 Å². The standard InChI is InChI=1S/C19H19FN6O/c1-11-3-4-12(2)15(9-11)24-17-16(21)18(23-10-22-17)25-26-19(27)13-5-7-14(20)8-6-13/h3-10H,21H2,1-2H3,(H,26,27)(H2,22,23,24,25). The predicted molar refractivity (Wildman–Crippen MR) is 103 cm³/mol. The molecular formula is C19H19FN6O. The van der Waals surface area contributed by atoms with E-state index in [1.54, 1.807) is 0 Å². The molecule has 0 atom stereocenters. The lowest BCUT2D eigenvalue weighted by molar-refractivity contribution is 0.0962. The van der Waals surface area contributed by atoms with E-state index >= 15 is 0 Å². The van der Waals surface area contributed by atoms with E-state index < -0.39 is 11.7 Å². The van der Waals surface area contributed by atoms with Crippen molar-refractivity contribution in [2.45, 2.75) is 13.8 Å². The number of aryl methyl sites for hydroxylation is 2. The Hall–Kier alpha value is -3.68. The van der Waals surface area contributed by atoms with Gasteiger partial charge in [0.05, 0.1) is 0 Å². The fourth-order valence-electron chi connectivity index (χ4n) is 2.38. The minimum atomic E-state index is -0.447. The molecule has 3 aromatic rings. The number of hydrogen-bond donors (Lipinski definition) is 4. The van der Waals surface area contributed by atoms with Crippen molar-refractivity contribution in [2.75, 3.05) is 16.5 Å². The largest absolute Gasteiger partial charge is 0.393 e. The summed E-state index contributed by atoms with van der Waals surface area (Å²) in [4.78, 5) is 20.3. The molecule has 7 nitrogen and oxygen atoms in total. The van der Waals surface area contributed by atoms with Gasteiger partial charge in [-0.2, -0.15) is 0 Å². The van der Waals surface area contributed by atoms with Crippen LogP contribution < -0.4 is 21.9 Å². The fourth-order valence-corrected chi connectivity index (χ4v) is 2.38. The molecule has 0 aliphatic carbocycles. The number of amides is 1. The molecule has 5 N–H and O–H groups in total. The van der Waals surface area contributed by atoms with E-state index in [0.717, 1.165) is 16.8 Å². The summed E-state index contributed by atoms with van der Waals surface area (Å²) >= 11 is 0.